The number of carboxylic acids is 1. The molecule has 2 heterocycles. The van der Waals surface area contributed by atoms with Crippen LogP contribution in [0.1, 0.15) is 27.8 Å². The third-order valence-corrected chi connectivity index (χ3v) is 4.49. The lowest BCUT2D eigenvalue weighted by Crippen LogP contribution is -2.21. The molecule has 0 spiro atoms. The molecule has 4 nitrogen and oxygen atoms in total. The number of aryl methyl sites for hydroxylation is 1. The minimum Gasteiger partial charge on any atom is -0.481 e. The number of aliphatic carboxylic acids is 1. The average Bonchev–Trinajstić information content (AvgIpc) is 2.95. The lowest BCUT2D eigenvalue weighted by molar-refractivity contribution is -0.137. The molecule has 0 saturated carbocycles. The number of thiazole rings is 1. The minimum atomic E-state index is -0.736. The number of rotatable bonds is 4. The van der Waals surface area contributed by atoms with Crippen molar-refractivity contribution >= 4 is 23.0 Å². The van der Waals surface area contributed by atoms with E-state index in [-0.39, 0.29) is 12.3 Å². The Morgan fingerprint density at radius 2 is 2.30 bits per heavy atom. The summed E-state index contributed by atoms with van der Waals surface area (Å²) in [6, 6.07) is 8.10. The first-order chi connectivity index (χ1) is 9.63. The number of hydrogen-bond acceptors (Lipinski definition) is 4. The van der Waals surface area contributed by atoms with Crippen LogP contribution in [0.25, 0.3) is 0 Å². The second-order valence-corrected chi connectivity index (χ2v) is 6.40. The number of hydrogen-bond donors (Lipinski definition) is 1. The Labute approximate surface area is 121 Å². The first-order valence-corrected chi connectivity index (χ1v) is 7.42. The fourth-order valence-corrected chi connectivity index (χ4v) is 3.60. The van der Waals surface area contributed by atoms with Gasteiger partial charge in [-0.05, 0) is 18.6 Å². The van der Waals surface area contributed by atoms with Crippen molar-refractivity contribution in [1.82, 2.24) is 4.98 Å². The van der Waals surface area contributed by atoms with Crippen molar-refractivity contribution in [2.45, 2.75) is 25.8 Å². The first-order valence-electron chi connectivity index (χ1n) is 6.60. The summed E-state index contributed by atoms with van der Waals surface area (Å²) in [6.45, 7) is 3.57. The van der Waals surface area contributed by atoms with Crippen LogP contribution < -0.4 is 4.90 Å². The zero-order chi connectivity index (χ0) is 14.1. The lowest BCUT2D eigenvalue weighted by Gasteiger charge is -2.18. The van der Waals surface area contributed by atoms with Crippen molar-refractivity contribution in [3.8, 4) is 0 Å². The average molecular weight is 288 g/mol. The molecule has 0 fully saturated rings. The minimum absolute atomic E-state index is 0.0812. The van der Waals surface area contributed by atoms with Crippen molar-refractivity contribution in [1.29, 1.82) is 0 Å². The summed E-state index contributed by atoms with van der Waals surface area (Å²) < 4.78 is 0. The van der Waals surface area contributed by atoms with Crippen LogP contribution in [-0.2, 0) is 11.3 Å². The summed E-state index contributed by atoms with van der Waals surface area (Å²) >= 11 is 1.70. The number of carboxylic acid groups (broad SMARTS) is 1. The third-order valence-electron chi connectivity index (χ3n) is 3.59. The Morgan fingerprint density at radius 3 is 3.00 bits per heavy atom. The molecule has 1 aromatic heterocycles. The predicted molar refractivity (Wildman–Crippen MR) is 79.3 cm³/mol. The highest BCUT2D eigenvalue weighted by atomic mass is 32.1. The summed E-state index contributed by atoms with van der Waals surface area (Å²) in [7, 11) is 0. The highest BCUT2D eigenvalue weighted by Crippen LogP contribution is 2.39. The second kappa shape index (κ2) is 5.25. The summed E-state index contributed by atoms with van der Waals surface area (Å²) in [4.78, 5) is 18.8. The van der Waals surface area contributed by atoms with Gasteiger partial charge in [0, 0.05) is 29.2 Å². The Hall–Kier alpha value is -1.88. The van der Waals surface area contributed by atoms with E-state index >= 15 is 0 Å². The van der Waals surface area contributed by atoms with Gasteiger partial charge in [-0.15, -0.1) is 11.3 Å². The van der Waals surface area contributed by atoms with E-state index in [2.05, 4.69) is 16.0 Å². The van der Waals surface area contributed by atoms with Crippen LogP contribution in [0, 0.1) is 6.92 Å². The zero-order valence-electron chi connectivity index (χ0n) is 11.2. The van der Waals surface area contributed by atoms with Gasteiger partial charge in [-0.25, -0.2) is 4.98 Å². The summed E-state index contributed by atoms with van der Waals surface area (Å²) in [5.41, 5.74) is 2.31. The van der Waals surface area contributed by atoms with Crippen LogP contribution in [0.5, 0.6) is 0 Å². The molecule has 1 aliphatic rings. The Morgan fingerprint density at radius 1 is 1.50 bits per heavy atom. The quantitative estimate of drug-likeness (QED) is 0.939. The molecule has 2 aromatic rings. The van der Waals surface area contributed by atoms with Gasteiger partial charge in [-0.2, -0.15) is 0 Å². The molecule has 104 valence electrons. The number of anilines is 1. The van der Waals surface area contributed by atoms with Gasteiger partial charge in [0.2, 0.25) is 0 Å². The molecule has 1 unspecified atom stereocenters. The number of fused-ring (bicyclic) bond motifs is 1. The molecule has 1 atom stereocenters. The molecule has 0 bridgehead atoms. The maximum atomic E-state index is 11.0. The van der Waals surface area contributed by atoms with E-state index < -0.39 is 5.97 Å². The number of aromatic nitrogens is 1. The van der Waals surface area contributed by atoms with E-state index in [4.69, 9.17) is 5.11 Å². The van der Waals surface area contributed by atoms with Gasteiger partial charge in [0.1, 0.15) is 0 Å². The molecule has 0 saturated heterocycles. The highest BCUT2D eigenvalue weighted by Gasteiger charge is 2.29. The van der Waals surface area contributed by atoms with E-state index in [1.165, 1.54) is 4.88 Å². The van der Waals surface area contributed by atoms with E-state index in [0.717, 1.165) is 29.3 Å². The topological polar surface area (TPSA) is 53.4 Å². The van der Waals surface area contributed by atoms with Crippen molar-refractivity contribution < 1.29 is 9.90 Å². The van der Waals surface area contributed by atoms with Gasteiger partial charge < -0.3 is 10.0 Å². The Bertz CT molecular complexity index is 638. The van der Waals surface area contributed by atoms with Gasteiger partial charge >= 0.3 is 5.97 Å². The SMILES string of the molecule is Cc1ncc(CN2CC(CC(=O)O)c3ccccc32)s1. The van der Waals surface area contributed by atoms with Crippen LogP contribution in [0.4, 0.5) is 5.69 Å². The largest absolute Gasteiger partial charge is 0.481 e. The fourth-order valence-electron chi connectivity index (χ4n) is 2.79. The molecule has 1 N–H and O–H groups in total. The normalized spacial score (nSPS) is 17.2. The maximum absolute atomic E-state index is 11.0. The number of carbonyl (C=O) groups is 1. The Balaban J connectivity index is 1.84. The van der Waals surface area contributed by atoms with Gasteiger partial charge in [0.05, 0.1) is 18.0 Å². The van der Waals surface area contributed by atoms with Gasteiger partial charge in [-0.1, -0.05) is 18.2 Å². The van der Waals surface area contributed by atoms with Crippen molar-refractivity contribution in [2.24, 2.45) is 0 Å². The summed E-state index contributed by atoms with van der Waals surface area (Å²) in [6.07, 6.45) is 2.10. The van der Waals surface area contributed by atoms with Crippen molar-refractivity contribution in [2.75, 3.05) is 11.4 Å². The van der Waals surface area contributed by atoms with E-state index in [0.29, 0.717) is 0 Å². The standard InChI is InChI=1S/C15H16N2O2S/c1-10-16-7-12(20-10)9-17-8-11(6-15(18)19)13-4-2-3-5-14(13)17/h2-5,7,11H,6,8-9H2,1H3,(H,18,19). The van der Waals surface area contributed by atoms with Crippen LogP contribution >= 0.6 is 11.3 Å². The zero-order valence-corrected chi connectivity index (χ0v) is 12.1. The van der Waals surface area contributed by atoms with Gasteiger partial charge in [0.25, 0.3) is 0 Å². The van der Waals surface area contributed by atoms with Crippen molar-refractivity contribution in [3.05, 3.63) is 45.9 Å². The molecule has 0 radical (unpaired) electrons. The Kier molecular flexibility index (Phi) is 3.44. The molecule has 0 amide bonds. The van der Waals surface area contributed by atoms with E-state index in [9.17, 15) is 4.79 Å². The number of para-hydroxylation sites is 1. The molecule has 3 rings (SSSR count). The van der Waals surface area contributed by atoms with Crippen LogP contribution in [0.15, 0.2) is 30.5 Å². The van der Waals surface area contributed by atoms with E-state index in [1.807, 2.05) is 31.3 Å². The maximum Gasteiger partial charge on any atom is 0.304 e. The molecular weight excluding hydrogens is 272 g/mol. The molecule has 0 aliphatic carbocycles. The van der Waals surface area contributed by atoms with Gasteiger partial charge in [-0.3, -0.25) is 4.79 Å². The first kappa shape index (κ1) is 13.1. The van der Waals surface area contributed by atoms with Crippen LogP contribution in [0.2, 0.25) is 0 Å². The third kappa shape index (κ3) is 2.54. The fraction of sp³-hybridized carbons (Fsp3) is 0.333. The lowest BCUT2D eigenvalue weighted by atomic mass is 9.98. The van der Waals surface area contributed by atoms with Gasteiger partial charge in [0.15, 0.2) is 0 Å². The van der Waals surface area contributed by atoms with Crippen LogP contribution in [0.3, 0.4) is 0 Å². The monoisotopic (exact) mass is 288 g/mol. The molecule has 5 heteroatoms. The second-order valence-electron chi connectivity index (χ2n) is 5.08. The molecular formula is C15H16N2O2S. The van der Waals surface area contributed by atoms with Crippen molar-refractivity contribution in [3.63, 3.8) is 0 Å². The number of benzene rings is 1. The highest BCUT2D eigenvalue weighted by molar-refractivity contribution is 7.11. The summed E-state index contributed by atoms with van der Waals surface area (Å²) in [5.74, 6) is -0.655. The van der Waals surface area contributed by atoms with E-state index in [1.54, 1.807) is 11.3 Å². The summed E-state index contributed by atoms with van der Waals surface area (Å²) in [5, 5.41) is 10.1. The van der Waals surface area contributed by atoms with Crippen LogP contribution in [-0.4, -0.2) is 22.6 Å². The predicted octanol–water partition coefficient (Wildman–Crippen LogP) is 3.03. The molecule has 1 aliphatic heterocycles. The smallest absolute Gasteiger partial charge is 0.304 e. The molecule has 1 aromatic carbocycles. The molecule has 20 heavy (non-hydrogen) atoms. The number of nitrogens with zero attached hydrogens (tertiary/aromatic N) is 2.